The van der Waals surface area contributed by atoms with Gasteiger partial charge in [-0.2, -0.15) is 0 Å². The van der Waals surface area contributed by atoms with E-state index in [9.17, 15) is 9.90 Å². The van der Waals surface area contributed by atoms with E-state index in [4.69, 9.17) is 0 Å². The van der Waals surface area contributed by atoms with Gasteiger partial charge in [0, 0.05) is 12.3 Å². The predicted molar refractivity (Wildman–Crippen MR) is 119 cm³/mol. The molecule has 0 aromatic heterocycles. The van der Waals surface area contributed by atoms with Crippen LogP contribution >= 0.6 is 0 Å². The summed E-state index contributed by atoms with van der Waals surface area (Å²) in [4.78, 5) is 13.0. The van der Waals surface area contributed by atoms with Gasteiger partial charge in [-0.25, -0.2) is 0 Å². The molecule has 0 radical (unpaired) electrons. The van der Waals surface area contributed by atoms with Crippen LogP contribution in [0.1, 0.15) is 98.8 Å². The minimum atomic E-state index is -0.117. The van der Waals surface area contributed by atoms with Gasteiger partial charge in [0.15, 0.2) is 0 Å². The minimum Gasteiger partial charge on any atom is -0.393 e. The summed E-state index contributed by atoms with van der Waals surface area (Å²) in [6.45, 7) is 11.7. The van der Waals surface area contributed by atoms with E-state index in [-0.39, 0.29) is 12.0 Å². The minimum absolute atomic E-state index is 0.117. The summed E-state index contributed by atoms with van der Waals surface area (Å²) in [5, 5.41) is 10.2. The first-order valence-electron chi connectivity index (χ1n) is 12.6. The molecular formula is C27H44O2. The number of fused-ring (bicyclic) bond motifs is 5. The molecule has 0 amide bonds. The summed E-state index contributed by atoms with van der Waals surface area (Å²) in [6, 6.07) is 0. The molecule has 1 N–H and O–H groups in total. The first-order valence-corrected chi connectivity index (χ1v) is 12.6. The van der Waals surface area contributed by atoms with Crippen LogP contribution in [0.25, 0.3) is 0 Å². The zero-order valence-corrected chi connectivity index (χ0v) is 19.5. The molecule has 2 heteroatoms. The second kappa shape index (κ2) is 7.81. The van der Waals surface area contributed by atoms with E-state index in [1.54, 1.807) is 5.57 Å². The largest absolute Gasteiger partial charge is 0.393 e. The van der Waals surface area contributed by atoms with Crippen molar-refractivity contribution in [3.05, 3.63) is 11.6 Å². The quantitative estimate of drug-likeness (QED) is 0.530. The molecule has 0 unspecified atom stereocenters. The van der Waals surface area contributed by atoms with Gasteiger partial charge in [-0.3, -0.25) is 4.79 Å². The van der Waals surface area contributed by atoms with E-state index in [2.05, 4.69) is 40.7 Å². The number of hydrogen-bond acceptors (Lipinski definition) is 2. The monoisotopic (exact) mass is 400 g/mol. The standard InChI is InChI=1S/C27H44O2/c1-17(2)6-11-25(29)18(3)22-9-10-23-21-8-7-19-16-20(28)12-14-26(19,4)24(21)13-15-27(22,23)5/h7,17-18,20-24,28H,6,8-16H2,1-5H3/t18-,20+,21-,22+,23-,24+,26+,27-/m1/s1. The zero-order valence-electron chi connectivity index (χ0n) is 19.5. The number of aliphatic hydroxyl groups is 1. The molecule has 0 spiro atoms. The van der Waals surface area contributed by atoms with Crippen molar-refractivity contribution >= 4 is 5.78 Å². The van der Waals surface area contributed by atoms with Gasteiger partial charge in [-0.1, -0.05) is 46.3 Å². The molecule has 0 saturated heterocycles. The van der Waals surface area contributed by atoms with Crippen LogP contribution in [-0.4, -0.2) is 17.0 Å². The maximum absolute atomic E-state index is 13.0. The Kier molecular flexibility index (Phi) is 5.82. The van der Waals surface area contributed by atoms with Gasteiger partial charge in [-0.05, 0) is 98.2 Å². The average molecular weight is 401 g/mol. The molecule has 3 saturated carbocycles. The predicted octanol–water partition coefficient (Wildman–Crippen LogP) is 6.57. The fraction of sp³-hybridized carbons (Fsp3) is 0.889. The van der Waals surface area contributed by atoms with Crippen molar-refractivity contribution in [2.75, 3.05) is 0 Å². The highest BCUT2D eigenvalue weighted by molar-refractivity contribution is 5.81. The lowest BCUT2D eigenvalue weighted by Gasteiger charge is -2.58. The van der Waals surface area contributed by atoms with E-state index in [1.165, 1.54) is 32.1 Å². The van der Waals surface area contributed by atoms with Crippen molar-refractivity contribution in [2.24, 2.45) is 46.3 Å². The third kappa shape index (κ3) is 3.56. The van der Waals surface area contributed by atoms with Gasteiger partial charge in [0.2, 0.25) is 0 Å². The van der Waals surface area contributed by atoms with E-state index in [1.807, 2.05) is 0 Å². The van der Waals surface area contributed by atoms with E-state index < -0.39 is 0 Å². The Hall–Kier alpha value is -0.630. The Morgan fingerprint density at radius 1 is 1.10 bits per heavy atom. The number of carbonyl (C=O) groups excluding carboxylic acids is 1. The van der Waals surface area contributed by atoms with Gasteiger partial charge in [0.05, 0.1) is 6.10 Å². The Balaban J connectivity index is 1.52. The van der Waals surface area contributed by atoms with Crippen LogP contribution in [0.2, 0.25) is 0 Å². The topological polar surface area (TPSA) is 37.3 Å². The zero-order chi connectivity index (χ0) is 21.0. The molecule has 0 aliphatic heterocycles. The average Bonchev–Trinajstić information content (AvgIpc) is 3.03. The van der Waals surface area contributed by atoms with E-state index >= 15 is 0 Å². The number of ketones is 1. The fourth-order valence-corrected chi connectivity index (χ4v) is 8.39. The fourth-order valence-electron chi connectivity index (χ4n) is 8.39. The third-order valence-electron chi connectivity index (χ3n) is 10.2. The molecule has 3 fully saturated rings. The number of Topliss-reactive ketones (excluding diaryl/α,β-unsaturated/α-hetero) is 1. The lowest BCUT2D eigenvalue weighted by Crippen LogP contribution is -2.51. The van der Waals surface area contributed by atoms with Gasteiger partial charge in [0.25, 0.3) is 0 Å². The molecule has 0 heterocycles. The van der Waals surface area contributed by atoms with E-state index in [0.717, 1.165) is 49.9 Å². The molecule has 164 valence electrons. The molecule has 0 aromatic rings. The third-order valence-corrected chi connectivity index (χ3v) is 10.2. The van der Waals surface area contributed by atoms with Gasteiger partial charge in [-0.15, -0.1) is 0 Å². The molecule has 2 nitrogen and oxygen atoms in total. The van der Waals surface area contributed by atoms with Crippen LogP contribution in [0.4, 0.5) is 0 Å². The molecule has 29 heavy (non-hydrogen) atoms. The molecule has 0 aromatic carbocycles. The van der Waals surface area contributed by atoms with Crippen LogP contribution in [0.3, 0.4) is 0 Å². The van der Waals surface area contributed by atoms with Crippen LogP contribution in [0.5, 0.6) is 0 Å². The van der Waals surface area contributed by atoms with Gasteiger partial charge < -0.3 is 5.11 Å². The van der Waals surface area contributed by atoms with Crippen molar-refractivity contribution in [1.82, 2.24) is 0 Å². The number of carbonyl (C=O) groups is 1. The van der Waals surface area contributed by atoms with E-state index in [0.29, 0.717) is 28.4 Å². The van der Waals surface area contributed by atoms with Crippen molar-refractivity contribution < 1.29 is 9.90 Å². The number of rotatable bonds is 5. The van der Waals surface area contributed by atoms with Gasteiger partial charge in [0.1, 0.15) is 5.78 Å². The molecule has 0 bridgehead atoms. The molecule has 4 aliphatic carbocycles. The lowest BCUT2D eigenvalue weighted by atomic mass is 9.47. The maximum Gasteiger partial charge on any atom is 0.136 e. The van der Waals surface area contributed by atoms with Crippen LogP contribution in [-0.2, 0) is 4.79 Å². The highest BCUT2D eigenvalue weighted by Crippen LogP contribution is 2.67. The summed E-state index contributed by atoms with van der Waals surface area (Å²) in [6.07, 6.45) is 13.7. The normalized spacial score (nSPS) is 45.2. The highest BCUT2D eigenvalue weighted by Gasteiger charge is 2.59. The van der Waals surface area contributed by atoms with Crippen molar-refractivity contribution in [3.63, 3.8) is 0 Å². The Morgan fingerprint density at radius 2 is 1.86 bits per heavy atom. The summed E-state index contributed by atoms with van der Waals surface area (Å²) >= 11 is 0. The van der Waals surface area contributed by atoms with Crippen molar-refractivity contribution in [1.29, 1.82) is 0 Å². The SMILES string of the molecule is CC(C)CCC(=O)[C@H](C)[C@@H]1CC[C@@H]2[C@H]3CC=C4C[C@@H](O)CC[C@]4(C)[C@H]3CC[C@@]21C. The summed E-state index contributed by atoms with van der Waals surface area (Å²) in [5.74, 6) is 4.32. The van der Waals surface area contributed by atoms with Gasteiger partial charge >= 0.3 is 0 Å². The number of aliphatic hydroxyl groups excluding tert-OH is 1. The molecule has 4 rings (SSSR count). The number of allylic oxidation sites excluding steroid dienone is 1. The molecule has 4 aliphatic rings. The second-order valence-electron chi connectivity index (χ2n) is 12.1. The van der Waals surface area contributed by atoms with Crippen LogP contribution in [0.15, 0.2) is 11.6 Å². The molecular weight excluding hydrogens is 356 g/mol. The smallest absolute Gasteiger partial charge is 0.136 e. The van der Waals surface area contributed by atoms with Crippen LogP contribution in [0, 0.1) is 46.3 Å². The first-order chi connectivity index (χ1) is 13.7. The lowest BCUT2D eigenvalue weighted by molar-refractivity contribution is -0.127. The van der Waals surface area contributed by atoms with Crippen LogP contribution < -0.4 is 0 Å². The second-order valence-corrected chi connectivity index (χ2v) is 12.1. The Morgan fingerprint density at radius 3 is 2.59 bits per heavy atom. The Bertz CT molecular complexity index is 663. The summed E-state index contributed by atoms with van der Waals surface area (Å²) < 4.78 is 0. The highest BCUT2D eigenvalue weighted by atomic mass is 16.3. The molecule has 8 atom stereocenters. The summed E-state index contributed by atoms with van der Waals surface area (Å²) in [7, 11) is 0. The summed E-state index contributed by atoms with van der Waals surface area (Å²) in [5.41, 5.74) is 2.23. The van der Waals surface area contributed by atoms with Crippen molar-refractivity contribution in [2.45, 2.75) is 105 Å². The maximum atomic E-state index is 13.0. The first kappa shape index (κ1) is 21.6. The Labute approximate surface area is 178 Å². The number of hydrogen-bond donors (Lipinski definition) is 1. The van der Waals surface area contributed by atoms with Crippen molar-refractivity contribution in [3.8, 4) is 0 Å².